The molecule has 2 heterocycles. The Morgan fingerprint density at radius 3 is 2.17 bits per heavy atom. The van der Waals surface area contributed by atoms with Crippen LogP contribution < -0.4 is 4.74 Å². The molecule has 126 valence electrons. The van der Waals surface area contributed by atoms with Crippen molar-refractivity contribution < 1.29 is 26.7 Å². The van der Waals surface area contributed by atoms with Crippen molar-refractivity contribution in [3.8, 4) is 17.0 Å². The van der Waals surface area contributed by atoms with Crippen molar-refractivity contribution >= 4 is 17.2 Å². The number of nitrogens with zero attached hydrogens (tertiary/aromatic N) is 4. The summed E-state index contributed by atoms with van der Waals surface area (Å²) >= 11 is 4.94. The average Bonchev–Trinajstić information content (AvgIpc) is 2.89. The quantitative estimate of drug-likeness (QED) is 0.521. The van der Waals surface area contributed by atoms with Crippen molar-refractivity contribution in [2.24, 2.45) is 0 Å². The summed E-state index contributed by atoms with van der Waals surface area (Å²) in [6, 6.07) is 7.60. The van der Waals surface area contributed by atoms with Crippen molar-refractivity contribution in [2.75, 3.05) is 0 Å². The first kappa shape index (κ1) is 16.4. The molecule has 0 fully saturated rings. The smallest absolute Gasteiger partial charge is 0.406 e. The molecular weight excluding hydrogens is 359 g/mol. The van der Waals surface area contributed by atoms with Crippen LogP contribution in [0.5, 0.6) is 5.75 Å². The first-order chi connectivity index (χ1) is 11.1. The molecule has 0 amide bonds. The highest BCUT2D eigenvalue weighted by atomic mass is 35.5. The summed E-state index contributed by atoms with van der Waals surface area (Å²) in [5, 5.41) is 6.97. The molecule has 1 aromatic carbocycles. The molecule has 0 saturated heterocycles. The minimum Gasteiger partial charge on any atom is -0.406 e. The Kier molecular flexibility index (Phi) is 3.78. The highest BCUT2D eigenvalue weighted by Gasteiger charge is 2.35. The van der Waals surface area contributed by atoms with Crippen LogP contribution in [0.4, 0.5) is 22.0 Å². The lowest BCUT2D eigenvalue weighted by Crippen LogP contribution is -2.16. The van der Waals surface area contributed by atoms with Gasteiger partial charge in [0.05, 0.1) is 5.69 Å². The van der Waals surface area contributed by atoms with E-state index in [9.17, 15) is 22.0 Å². The van der Waals surface area contributed by atoms with Gasteiger partial charge in [-0.25, -0.2) is 0 Å². The van der Waals surface area contributed by atoms with Gasteiger partial charge in [0.1, 0.15) is 5.75 Å². The van der Waals surface area contributed by atoms with Gasteiger partial charge in [-0.1, -0.05) is 0 Å². The second-order valence-corrected chi connectivity index (χ2v) is 5.06. The zero-order valence-electron chi connectivity index (χ0n) is 11.4. The number of benzene rings is 1. The lowest BCUT2D eigenvalue weighted by atomic mass is 10.1. The van der Waals surface area contributed by atoms with Crippen LogP contribution >= 0.6 is 11.6 Å². The summed E-state index contributed by atoms with van der Waals surface area (Å²) in [5.41, 5.74) is 0.637. The van der Waals surface area contributed by atoms with Crippen molar-refractivity contribution in [2.45, 2.75) is 11.7 Å². The maximum atomic E-state index is 13.2. The SMILES string of the molecule is FC(F)(F)Oc1ccc(-c2ccc3nnc(C(F)(F)Cl)n3n2)cc1. The van der Waals surface area contributed by atoms with Crippen molar-refractivity contribution in [3.05, 3.63) is 42.2 Å². The molecule has 0 unspecified atom stereocenters. The predicted octanol–water partition coefficient (Wildman–Crippen LogP) is 3.98. The normalized spacial score (nSPS) is 12.6. The van der Waals surface area contributed by atoms with Crippen LogP contribution in [0.2, 0.25) is 0 Å². The Bertz CT molecular complexity index is 873. The van der Waals surface area contributed by atoms with Gasteiger partial charge in [-0.3, -0.25) is 0 Å². The predicted molar refractivity (Wildman–Crippen MR) is 72.6 cm³/mol. The summed E-state index contributed by atoms with van der Waals surface area (Å²) in [6.07, 6.45) is -4.80. The molecule has 0 spiro atoms. The Balaban J connectivity index is 1.97. The second-order valence-electron chi connectivity index (χ2n) is 4.58. The van der Waals surface area contributed by atoms with Gasteiger partial charge in [0.25, 0.3) is 0 Å². The zero-order valence-corrected chi connectivity index (χ0v) is 12.2. The molecule has 3 rings (SSSR count). The van der Waals surface area contributed by atoms with E-state index in [0.717, 1.165) is 16.6 Å². The van der Waals surface area contributed by atoms with Crippen LogP contribution in [0.1, 0.15) is 5.82 Å². The van der Waals surface area contributed by atoms with Gasteiger partial charge < -0.3 is 4.74 Å². The fourth-order valence-corrected chi connectivity index (χ4v) is 2.06. The fraction of sp³-hybridized carbons (Fsp3) is 0.154. The number of hydrogen-bond donors (Lipinski definition) is 0. The van der Waals surface area contributed by atoms with Gasteiger partial charge in [0, 0.05) is 5.56 Å². The Hall–Kier alpha value is -2.49. The molecule has 0 N–H and O–H groups in total. The van der Waals surface area contributed by atoms with Gasteiger partial charge in [-0.2, -0.15) is 18.4 Å². The number of ether oxygens (including phenoxy) is 1. The van der Waals surface area contributed by atoms with Gasteiger partial charge >= 0.3 is 11.7 Å². The molecule has 5 nitrogen and oxygen atoms in total. The minimum atomic E-state index is -4.80. The Morgan fingerprint density at radius 2 is 1.58 bits per heavy atom. The number of fused-ring (bicyclic) bond motifs is 1. The number of halogens is 6. The van der Waals surface area contributed by atoms with Gasteiger partial charge in [0.15, 0.2) is 5.65 Å². The summed E-state index contributed by atoms with van der Waals surface area (Å²) in [5.74, 6) is -1.28. The first-order valence-corrected chi connectivity index (χ1v) is 6.67. The Labute approximate surface area is 135 Å². The van der Waals surface area contributed by atoms with E-state index in [1.807, 2.05) is 0 Å². The lowest BCUT2D eigenvalue weighted by molar-refractivity contribution is -0.274. The number of aromatic nitrogens is 4. The van der Waals surface area contributed by atoms with Gasteiger partial charge in [-0.15, -0.1) is 23.4 Å². The molecule has 0 aliphatic carbocycles. The third kappa shape index (κ3) is 3.37. The molecule has 0 aliphatic heterocycles. The molecule has 0 bridgehead atoms. The standard InChI is InChI=1S/C13H6ClF5N4O/c14-12(15,16)11-21-20-10-6-5-9(22-23(10)11)7-1-3-8(4-2-7)24-13(17,18)19/h1-6H. The van der Waals surface area contributed by atoms with Crippen LogP contribution in [-0.2, 0) is 5.38 Å². The highest BCUT2D eigenvalue weighted by Crippen LogP contribution is 2.31. The van der Waals surface area contributed by atoms with Crippen LogP contribution in [0.25, 0.3) is 16.9 Å². The minimum absolute atomic E-state index is 0.0473. The van der Waals surface area contributed by atoms with E-state index in [0.29, 0.717) is 5.56 Å². The van der Waals surface area contributed by atoms with E-state index in [1.54, 1.807) is 0 Å². The molecule has 24 heavy (non-hydrogen) atoms. The van der Waals surface area contributed by atoms with E-state index in [-0.39, 0.29) is 11.3 Å². The lowest BCUT2D eigenvalue weighted by Gasteiger charge is -2.09. The average molecular weight is 365 g/mol. The third-order valence-corrected chi connectivity index (χ3v) is 3.07. The maximum absolute atomic E-state index is 13.2. The monoisotopic (exact) mass is 364 g/mol. The first-order valence-electron chi connectivity index (χ1n) is 6.29. The summed E-state index contributed by atoms with van der Waals surface area (Å²) in [4.78, 5) is 0. The van der Waals surface area contributed by atoms with Gasteiger partial charge in [-0.05, 0) is 48.0 Å². The van der Waals surface area contributed by atoms with Crippen LogP contribution in [0, 0.1) is 0 Å². The molecule has 3 aromatic rings. The number of alkyl halides is 6. The molecular formula is C13H6ClF5N4O. The third-order valence-electron chi connectivity index (χ3n) is 2.90. The molecule has 0 radical (unpaired) electrons. The van der Waals surface area contributed by atoms with Crippen LogP contribution in [0.15, 0.2) is 36.4 Å². The van der Waals surface area contributed by atoms with E-state index >= 15 is 0 Å². The fourth-order valence-electron chi connectivity index (χ4n) is 1.95. The molecule has 2 aromatic heterocycles. The van der Waals surface area contributed by atoms with Crippen molar-refractivity contribution in [3.63, 3.8) is 0 Å². The molecule has 0 saturated carbocycles. The van der Waals surface area contributed by atoms with Crippen molar-refractivity contribution in [1.29, 1.82) is 0 Å². The summed E-state index contributed by atoms with van der Waals surface area (Å²) in [7, 11) is 0. The van der Waals surface area contributed by atoms with Gasteiger partial charge in [0.2, 0.25) is 5.82 Å². The zero-order chi connectivity index (χ0) is 17.5. The van der Waals surface area contributed by atoms with Crippen LogP contribution in [-0.4, -0.2) is 26.2 Å². The second kappa shape index (κ2) is 5.55. The summed E-state index contributed by atoms with van der Waals surface area (Å²) in [6.45, 7) is 0. The van der Waals surface area contributed by atoms with Crippen LogP contribution in [0.3, 0.4) is 0 Å². The highest BCUT2D eigenvalue weighted by molar-refractivity contribution is 6.21. The van der Waals surface area contributed by atoms with E-state index in [2.05, 4.69) is 20.0 Å². The largest absolute Gasteiger partial charge is 0.573 e. The molecule has 0 atom stereocenters. The maximum Gasteiger partial charge on any atom is 0.573 e. The number of rotatable bonds is 3. The van der Waals surface area contributed by atoms with Crippen molar-refractivity contribution in [1.82, 2.24) is 19.8 Å². The van der Waals surface area contributed by atoms with E-state index in [1.165, 1.54) is 24.3 Å². The topological polar surface area (TPSA) is 52.3 Å². The molecule has 0 aliphatic rings. The molecule has 11 heteroatoms. The number of hydrogen-bond acceptors (Lipinski definition) is 4. The Morgan fingerprint density at radius 1 is 0.917 bits per heavy atom. The summed E-state index contributed by atoms with van der Waals surface area (Å²) < 4.78 is 67.4. The van der Waals surface area contributed by atoms with E-state index < -0.39 is 23.3 Å². The van der Waals surface area contributed by atoms with E-state index in [4.69, 9.17) is 11.6 Å².